The maximum absolute atomic E-state index is 4.85. The SMILES string of the molecule is CCCc1nc(Cc2cc(C)cc(C)c2)sc1CNC. The maximum atomic E-state index is 4.85. The number of nitrogens with one attached hydrogen (secondary N) is 1. The topological polar surface area (TPSA) is 24.9 Å². The van der Waals surface area contributed by atoms with Crippen molar-refractivity contribution in [3.8, 4) is 0 Å². The van der Waals surface area contributed by atoms with E-state index in [9.17, 15) is 0 Å². The highest BCUT2D eigenvalue weighted by molar-refractivity contribution is 7.11. The van der Waals surface area contributed by atoms with Gasteiger partial charge in [0, 0.05) is 17.8 Å². The van der Waals surface area contributed by atoms with Gasteiger partial charge in [0.2, 0.25) is 0 Å². The van der Waals surface area contributed by atoms with Crippen molar-refractivity contribution in [2.45, 2.75) is 46.6 Å². The number of rotatable bonds is 6. The lowest BCUT2D eigenvalue weighted by Crippen LogP contribution is -2.05. The Balaban J connectivity index is 2.22. The molecule has 0 amide bonds. The molecule has 0 atom stereocenters. The van der Waals surface area contributed by atoms with E-state index in [2.05, 4.69) is 44.3 Å². The van der Waals surface area contributed by atoms with Crippen molar-refractivity contribution in [1.82, 2.24) is 10.3 Å². The molecule has 1 heterocycles. The van der Waals surface area contributed by atoms with Crippen LogP contribution in [0.3, 0.4) is 0 Å². The number of aryl methyl sites for hydroxylation is 3. The first-order valence-electron chi connectivity index (χ1n) is 7.31. The molecule has 1 aromatic carbocycles. The second-order valence-corrected chi connectivity index (χ2v) is 6.60. The number of aromatic nitrogens is 1. The van der Waals surface area contributed by atoms with Gasteiger partial charge >= 0.3 is 0 Å². The third-order valence-corrected chi connectivity index (χ3v) is 4.38. The Bertz CT molecular complexity index is 529. The van der Waals surface area contributed by atoms with Crippen molar-refractivity contribution in [3.63, 3.8) is 0 Å². The van der Waals surface area contributed by atoms with Gasteiger partial charge in [-0.05, 0) is 32.9 Å². The van der Waals surface area contributed by atoms with Crippen molar-refractivity contribution in [3.05, 3.63) is 50.5 Å². The molecule has 0 saturated heterocycles. The van der Waals surface area contributed by atoms with Crippen LogP contribution in [-0.4, -0.2) is 12.0 Å². The summed E-state index contributed by atoms with van der Waals surface area (Å²) in [7, 11) is 2.00. The first-order chi connectivity index (χ1) is 9.62. The lowest BCUT2D eigenvalue weighted by atomic mass is 10.1. The zero-order valence-corrected chi connectivity index (χ0v) is 13.7. The van der Waals surface area contributed by atoms with Crippen LogP contribution in [0, 0.1) is 13.8 Å². The highest BCUT2D eigenvalue weighted by Crippen LogP contribution is 2.23. The Kier molecular flexibility index (Phi) is 5.32. The smallest absolute Gasteiger partial charge is 0.0975 e. The maximum Gasteiger partial charge on any atom is 0.0975 e. The average molecular weight is 288 g/mol. The van der Waals surface area contributed by atoms with Crippen LogP contribution in [0.2, 0.25) is 0 Å². The molecule has 108 valence electrons. The van der Waals surface area contributed by atoms with Gasteiger partial charge in [-0.2, -0.15) is 0 Å². The van der Waals surface area contributed by atoms with Gasteiger partial charge in [-0.1, -0.05) is 42.7 Å². The van der Waals surface area contributed by atoms with Gasteiger partial charge < -0.3 is 5.32 Å². The first-order valence-corrected chi connectivity index (χ1v) is 8.13. The molecule has 2 nitrogen and oxygen atoms in total. The van der Waals surface area contributed by atoms with E-state index < -0.39 is 0 Å². The molecule has 2 aromatic rings. The van der Waals surface area contributed by atoms with Crippen molar-refractivity contribution >= 4 is 11.3 Å². The van der Waals surface area contributed by atoms with E-state index in [1.54, 1.807) is 0 Å². The lowest BCUT2D eigenvalue weighted by molar-refractivity contribution is 0.796. The molecule has 20 heavy (non-hydrogen) atoms. The van der Waals surface area contributed by atoms with Crippen LogP contribution in [0.15, 0.2) is 18.2 Å². The molecule has 3 heteroatoms. The number of thiazole rings is 1. The highest BCUT2D eigenvalue weighted by atomic mass is 32.1. The molecule has 0 unspecified atom stereocenters. The fraction of sp³-hybridized carbons (Fsp3) is 0.471. The first kappa shape index (κ1) is 15.2. The fourth-order valence-corrected chi connectivity index (χ4v) is 3.75. The largest absolute Gasteiger partial charge is 0.315 e. The lowest BCUT2D eigenvalue weighted by Gasteiger charge is -2.02. The van der Waals surface area contributed by atoms with Gasteiger partial charge in [0.25, 0.3) is 0 Å². The molecule has 0 aliphatic rings. The normalized spacial score (nSPS) is 11.0. The molecule has 0 aliphatic heterocycles. The Morgan fingerprint density at radius 1 is 1.15 bits per heavy atom. The van der Waals surface area contributed by atoms with E-state index in [0.717, 1.165) is 25.8 Å². The highest BCUT2D eigenvalue weighted by Gasteiger charge is 2.10. The second-order valence-electron chi connectivity index (χ2n) is 5.43. The summed E-state index contributed by atoms with van der Waals surface area (Å²) in [5.41, 5.74) is 5.32. The van der Waals surface area contributed by atoms with Crippen molar-refractivity contribution in [2.24, 2.45) is 0 Å². The molecule has 0 spiro atoms. The summed E-state index contributed by atoms with van der Waals surface area (Å²) in [6.07, 6.45) is 3.19. The van der Waals surface area contributed by atoms with Crippen LogP contribution < -0.4 is 5.32 Å². The van der Waals surface area contributed by atoms with E-state index in [1.165, 1.54) is 32.3 Å². The third kappa shape index (κ3) is 3.90. The van der Waals surface area contributed by atoms with E-state index in [0.29, 0.717) is 0 Å². The molecular weight excluding hydrogens is 264 g/mol. The summed E-state index contributed by atoms with van der Waals surface area (Å²) >= 11 is 1.86. The van der Waals surface area contributed by atoms with Gasteiger partial charge in [-0.25, -0.2) is 4.98 Å². The summed E-state index contributed by atoms with van der Waals surface area (Å²) in [4.78, 5) is 6.25. The Morgan fingerprint density at radius 3 is 2.45 bits per heavy atom. The van der Waals surface area contributed by atoms with Crippen LogP contribution in [-0.2, 0) is 19.4 Å². The molecule has 1 aromatic heterocycles. The molecule has 0 fully saturated rings. The molecule has 0 bridgehead atoms. The minimum absolute atomic E-state index is 0.930. The van der Waals surface area contributed by atoms with Crippen LogP contribution in [0.5, 0.6) is 0 Å². The summed E-state index contributed by atoms with van der Waals surface area (Å²) in [5.74, 6) is 0. The second kappa shape index (κ2) is 7.00. The van der Waals surface area contributed by atoms with Gasteiger partial charge in [0.1, 0.15) is 0 Å². The van der Waals surface area contributed by atoms with Gasteiger partial charge in [-0.3, -0.25) is 0 Å². The number of nitrogens with zero attached hydrogens (tertiary/aromatic N) is 1. The predicted octanol–water partition coefficient (Wildman–Crippen LogP) is 4.02. The number of benzene rings is 1. The van der Waals surface area contributed by atoms with Crippen LogP contribution in [0.4, 0.5) is 0 Å². The van der Waals surface area contributed by atoms with E-state index >= 15 is 0 Å². The van der Waals surface area contributed by atoms with E-state index in [4.69, 9.17) is 4.98 Å². The summed E-state index contributed by atoms with van der Waals surface area (Å²) in [6.45, 7) is 7.46. The van der Waals surface area contributed by atoms with Gasteiger partial charge in [-0.15, -0.1) is 11.3 Å². The van der Waals surface area contributed by atoms with Crippen LogP contribution in [0.1, 0.15) is 45.6 Å². The van der Waals surface area contributed by atoms with Crippen molar-refractivity contribution < 1.29 is 0 Å². The minimum Gasteiger partial charge on any atom is -0.315 e. The molecule has 0 saturated carbocycles. The molecule has 2 rings (SSSR count). The predicted molar refractivity (Wildman–Crippen MR) is 87.6 cm³/mol. The Labute approximate surface area is 126 Å². The standard InChI is InChI=1S/C17H24N2S/c1-5-6-15-16(11-18-4)20-17(19-15)10-14-8-12(2)7-13(3)9-14/h7-9,18H,5-6,10-11H2,1-4H3. The zero-order chi connectivity index (χ0) is 14.5. The monoisotopic (exact) mass is 288 g/mol. The van der Waals surface area contributed by atoms with Crippen LogP contribution >= 0.6 is 11.3 Å². The van der Waals surface area contributed by atoms with Crippen LogP contribution in [0.25, 0.3) is 0 Å². The average Bonchev–Trinajstić information content (AvgIpc) is 2.71. The molecule has 0 radical (unpaired) electrons. The Morgan fingerprint density at radius 2 is 1.85 bits per heavy atom. The summed E-state index contributed by atoms with van der Waals surface area (Å²) < 4.78 is 0. The summed E-state index contributed by atoms with van der Waals surface area (Å²) in [5, 5.41) is 4.49. The van der Waals surface area contributed by atoms with Gasteiger partial charge in [0.05, 0.1) is 10.7 Å². The number of hydrogen-bond donors (Lipinski definition) is 1. The van der Waals surface area contributed by atoms with Crippen molar-refractivity contribution in [1.29, 1.82) is 0 Å². The van der Waals surface area contributed by atoms with Crippen molar-refractivity contribution in [2.75, 3.05) is 7.05 Å². The van der Waals surface area contributed by atoms with E-state index in [1.807, 2.05) is 18.4 Å². The van der Waals surface area contributed by atoms with E-state index in [-0.39, 0.29) is 0 Å². The quantitative estimate of drug-likeness (QED) is 0.868. The fourth-order valence-electron chi connectivity index (χ4n) is 2.59. The molecule has 1 N–H and O–H groups in total. The molecular formula is C17H24N2S. The zero-order valence-electron chi connectivity index (χ0n) is 12.9. The number of hydrogen-bond acceptors (Lipinski definition) is 3. The third-order valence-electron chi connectivity index (χ3n) is 3.28. The minimum atomic E-state index is 0.930. The molecule has 0 aliphatic carbocycles. The van der Waals surface area contributed by atoms with Gasteiger partial charge in [0.15, 0.2) is 0 Å². The Hall–Kier alpha value is -1.19. The summed E-state index contributed by atoms with van der Waals surface area (Å²) in [6, 6.07) is 6.76.